The molecule has 0 spiro atoms. The van der Waals surface area contributed by atoms with Gasteiger partial charge < -0.3 is 155 Å². The van der Waals surface area contributed by atoms with E-state index in [2.05, 4.69) is 20.1 Å². The number of aliphatic hydroxyl groups is 16. The zero-order valence-electron chi connectivity index (χ0n) is 45.4. The van der Waals surface area contributed by atoms with Crippen LogP contribution in [0, 0.1) is 0 Å². The first kappa shape index (κ1) is 70.8. The highest BCUT2D eigenvalue weighted by Crippen LogP contribution is 2.40. The van der Waals surface area contributed by atoms with E-state index in [1.165, 1.54) is 6.92 Å². The first-order chi connectivity index (χ1) is 39.7. The summed E-state index contributed by atoms with van der Waals surface area (Å²) in [7, 11) is -5.44. The van der Waals surface area contributed by atoms with Crippen LogP contribution >= 0.6 is 0 Å². The number of aliphatic carboxylic acids is 1. The molecule has 0 bridgehead atoms. The van der Waals surface area contributed by atoms with E-state index in [0.717, 1.165) is 20.8 Å². The van der Waals surface area contributed by atoms with Gasteiger partial charge in [-0.3, -0.25) is 18.9 Å². The number of ether oxygens (including phenoxy) is 11. The van der Waals surface area contributed by atoms with Crippen LogP contribution in [0.4, 0.5) is 0 Å². The summed E-state index contributed by atoms with van der Waals surface area (Å²) in [6.45, 7) is -1.64. The van der Waals surface area contributed by atoms with Gasteiger partial charge in [-0.25, -0.2) is 8.98 Å². The molecule has 6 aliphatic rings. The molecule has 6 saturated heterocycles. The second-order valence-electron chi connectivity index (χ2n) is 20.9. The molecule has 31 atom stereocenters. The van der Waals surface area contributed by atoms with Crippen molar-refractivity contribution in [3.63, 3.8) is 0 Å². The monoisotopic (exact) mass is 1270 g/mol. The number of carboxylic acids is 1. The number of aliphatic hydroxyl groups excluding tert-OH is 16. The lowest BCUT2D eigenvalue weighted by Crippen LogP contribution is -2.71. The number of carbonyl (C=O) groups excluding carboxylic acids is 3. The summed E-state index contributed by atoms with van der Waals surface area (Å²) in [4.78, 5) is 50.4. The molecule has 21 N–H and O–H groups in total. The summed E-state index contributed by atoms with van der Waals surface area (Å²) in [6, 6.07) is -5.45. The first-order valence-corrected chi connectivity index (χ1v) is 27.6. The fraction of sp³-hybridized carbons (Fsp3) is 0.911. The zero-order chi connectivity index (χ0) is 63.5. The van der Waals surface area contributed by atoms with Gasteiger partial charge in [-0.2, -0.15) is 8.42 Å². The third kappa shape index (κ3) is 16.4. The molecule has 6 fully saturated rings. The Bertz CT molecular complexity index is 2340. The number of nitrogens with one attached hydrogen (secondary N) is 3. The summed E-state index contributed by atoms with van der Waals surface area (Å²) in [5.41, 5.74) is 0. The van der Waals surface area contributed by atoms with Crippen LogP contribution in [-0.4, -0.2) is 346 Å². The van der Waals surface area contributed by atoms with Gasteiger partial charge in [-0.05, 0) is 6.92 Å². The van der Waals surface area contributed by atoms with Gasteiger partial charge in [-0.15, -0.1) is 0 Å². The van der Waals surface area contributed by atoms with Crippen molar-refractivity contribution in [1.82, 2.24) is 16.0 Å². The molecule has 6 heterocycles. The van der Waals surface area contributed by atoms with Crippen molar-refractivity contribution in [3.8, 4) is 0 Å². The highest BCUT2D eigenvalue weighted by molar-refractivity contribution is 7.80. The van der Waals surface area contributed by atoms with Crippen molar-refractivity contribution in [2.24, 2.45) is 0 Å². The standard InChI is InChI=1S/C45H75N3O36S/c1-11-24(57)30(63)32(65)41(75-11)82-38-31(64)26(59)17(7-50)78-43(38)81-35-23(48-14(4)54)39(67)76-19(28(35)61)9-73-40-22(47-13(3)53)29(62)34(20(79-40)10-74-85(70,71)72)80-42-33(66)37(27(60)18(8-51)77-42)84-45(44(68)69)5-15(55)21(46-12(2)52)36(83-45)25(58)16(56)6-49/h11,15-43,49-51,55-67H,5-10H2,1-4H3,(H,46,52)(H,47,53)(H,48,54)(H,68,69)(H,70,71,72)/t11-,15-,16+,17+,18+,19+,20+,21+,22+,23+,24+,25+,26-,27-,28-,29+,30+,31-,32-,33+,34+,35+,36+,37-,38+,39-,40+,41-,42-,43-,45-/m0/s1. The Labute approximate surface area is 481 Å². The van der Waals surface area contributed by atoms with E-state index in [4.69, 9.17) is 52.1 Å². The average Bonchev–Trinajstić information content (AvgIpc) is 1.14. The second kappa shape index (κ2) is 29.5. The summed E-state index contributed by atoms with van der Waals surface area (Å²) in [6.07, 6.45) is -56.7. The minimum Gasteiger partial charge on any atom is -0.477 e. The third-order valence-corrected chi connectivity index (χ3v) is 15.2. The van der Waals surface area contributed by atoms with E-state index in [0.29, 0.717) is 0 Å². The zero-order valence-corrected chi connectivity index (χ0v) is 46.2. The maximum absolute atomic E-state index is 13.1. The molecule has 0 saturated carbocycles. The molecule has 0 radical (unpaired) electrons. The molecular weight excluding hydrogens is 1190 g/mol. The largest absolute Gasteiger partial charge is 0.477 e. The Morgan fingerprint density at radius 2 is 1.09 bits per heavy atom. The number of rotatable bonds is 23. The lowest BCUT2D eigenvalue weighted by atomic mass is 9.88. The summed E-state index contributed by atoms with van der Waals surface area (Å²) in [5, 5.41) is 191. The first-order valence-electron chi connectivity index (χ1n) is 26.2. The van der Waals surface area contributed by atoms with Crippen molar-refractivity contribution in [2.45, 2.75) is 224 Å². The number of hydrogen-bond acceptors (Lipinski definition) is 34. The van der Waals surface area contributed by atoms with Crippen LogP contribution in [0.3, 0.4) is 0 Å². The fourth-order valence-electron chi connectivity index (χ4n) is 10.4. The smallest absolute Gasteiger partial charge is 0.397 e. The minimum absolute atomic E-state index is 0.858. The van der Waals surface area contributed by atoms with Crippen LogP contribution < -0.4 is 16.0 Å². The van der Waals surface area contributed by atoms with Crippen molar-refractivity contribution in [2.75, 3.05) is 33.0 Å². The molecule has 39 nitrogen and oxygen atoms in total. The maximum Gasteiger partial charge on any atom is 0.397 e. The summed E-state index contributed by atoms with van der Waals surface area (Å²) in [5.74, 6) is -8.10. The molecule has 3 amide bonds. The molecule has 85 heavy (non-hydrogen) atoms. The summed E-state index contributed by atoms with van der Waals surface area (Å²) < 4.78 is 101. The van der Waals surface area contributed by atoms with E-state index in [-0.39, 0.29) is 0 Å². The van der Waals surface area contributed by atoms with Gasteiger partial charge in [0.05, 0.1) is 51.3 Å². The molecule has 0 aliphatic carbocycles. The van der Waals surface area contributed by atoms with Crippen molar-refractivity contribution < 1.29 is 175 Å². The van der Waals surface area contributed by atoms with Crippen LogP contribution in [0.5, 0.6) is 0 Å². The van der Waals surface area contributed by atoms with Crippen LogP contribution in [0.25, 0.3) is 0 Å². The van der Waals surface area contributed by atoms with E-state index < -0.39 is 263 Å². The van der Waals surface area contributed by atoms with Crippen LogP contribution in [0.2, 0.25) is 0 Å². The molecule has 6 rings (SSSR count). The lowest BCUT2D eigenvalue weighted by molar-refractivity contribution is -0.385. The van der Waals surface area contributed by atoms with E-state index in [9.17, 15) is 119 Å². The molecule has 492 valence electrons. The molecule has 6 aliphatic heterocycles. The number of amides is 3. The molecule has 0 aromatic carbocycles. The number of hydrogen-bond donors (Lipinski definition) is 21. The van der Waals surface area contributed by atoms with Crippen molar-refractivity contribution in [1.29, 1.82) is 0 Å². The predicted molar refractivity (Wildman–Crippen MR) is 260 cm³/mol. The van der Waals surface area contributed by atoms with E-state index >= 15 is 0 Å². The Morgan fingerprint density at radius 3 is 1.67 bits per heavy atom. The molecule has 0 unspecified atom stereocenters. The van der Waals surface area contributed by atoms with Gasteiger partial charge in [0, 0.05) is 27.2 Å². The molecule has 0 aromatic rings. The SMILES string of the molecule is CC(=O)N[C@@H]1[C@@H](O[C@@H]2O[C@H](CO)[C@H](O)[C@H](O)[C@H]2O[C@@H]2O[C@@H](C)[C@@H](O)[C@@H](O)[C@@H]2O)[C@@H](O)[C@@H](CO[C@@H]2O[C@H](COS(=O)(=O)O)[C@@H](O[C@@H]3O[C@H](CO)[C@H](O)[C@H](O[C@]4(C(=O)O)C[C@H](O)[C@@H](NC(C)=O)[C@H]([C@H](O)[C@H](O)CO)O4)[C@H]3O)[C@H](O)[C@H]2NC(C)=O)O[C@@H]1O. The van der Waals surface area contributed by atoms with Gasteiger partial charge >= 0.3 is 16.4 Å². The molecule has 0 aromatic heterocycles. The van der Waals surface area contributed by atoms with Gasteiger partial charge in [-0.1, -0.05) is 0 Å². The summed E-state index contributed by atoms with van der Waals surface area (Å²) >= 11 is 0. The van der Waals surface area contributed by atoms with Crippen LogP contribution in [-0.2, 0) is 85.9 Å². The average molecular weight is 1270 g/mol. The number of carboxylic acid groups (broad SMARTS) is 1. The normalized spacial score (nSPS) is 45.2. The van der Waals surface area contributed by atoms with E-state index in [1.54, 1.807) is 0 Å². The minimum atomic E-state index is -5.44. The van der Waals surface area contributed by atoms with Crippen LogP contribution in [0.1, 0.15) is 34.1 Å². The van der Waals surface area contributed by atoms with Crippen molar-refractivity contribution >= 4 is 34.1 Å². The van der Waals surface area contributed by atoms with Crippen molar-refractivity contribution in [3.05, 3.63) is 0 Å². The Balaban J connectivity index is 1.27. The molecule has 40 heteroatoms. The maximum atomic E-state index is 13.1. The Kier molecular flexibility index (Phi) is 24.6. The fourth-order valence-corrected chi connectivity index (χ4v) is 10.7. The quantitative estimate of drug-likeness (QED) is 0.0422. The van der Waals surface area contributed by atoms with Gasteiger partial charge in [0.25, 0.3) is 5.79 Å². The third-order valence-electron chi connectivity index (χ3n) is 14.8. The van der Waals surface area contributed by atoms with Crippen LogP contribution in [0.15, 0.2) is 0 Å². The van der Waals surface area contributed by atoms with E-state index in [1.807, 2.05) is 0 Å². The van der Waals surface area contributed by atoms with Gasteiger partial charge in [0.2, 0.25) is 17.7 Å². The van der Waals surface area contributed by atoms with Gasteiger partial charge in [0.15, 0.2) is 31.5 Å². The van der Waals surface area contributed by atoms with Gasteiger partial charge in [0.1, 0.15) is 134 Å². The highest BCUT2D eigenvalue weighted by Gasteiger charge is 2.61. The topological polar surface area (TPSA) is 613 Å². The lowest BCUT2D eigenvalue weighted by Gasteiger charge is -2.51. The molecular formula is C45H75N3O36S. The Hall–Kier alpha value is -3.33. The predicted octanol–water partition coefficient (Wildman–Crippen LogP) is -13.6. The number of carbonyl (C=O) groups is 4. The Morgan fingerprint density at radius 1 is 0.565 bits per heavy atom. The second-order valence-corrected chi connectivity index (χ2v) is 22.0. The highest BCUT2D eigenvalue weighted by atomic mass is 32.3.